The molecule has 0 amide bonds. The number of hydrogen-bond acceptors (Lipinski definition) is 2. The van der Waals surface area contributed by atoms with Gasteiger partial charge in [-0.25, -0.2) is 0 Å². The van der Waals surface area contributed by atoms with Crippen LogP contribution in [0.15, 0.2) is 0 Å². The summed E-state index contributed by atoms with van der Waals surface area (Å²) in [7, 11) is 1.44. The van der Waals surface area contributed by atoms with Gasteiger partial charge in [0.1, 0.15) is 0 Å². The fourth-order valence-corrected chi connectivity index (χ4v) is 0.892. The van der Waals surface area contributed by atoms with E-state index < -0.39 is 0 Å². The van der Waals surface area contributed by atoms with Gasteiger partial charge in [-0.15, -0.1) is 0 Å². The predicted octanol–water partition coefficient (Wildman–Crippen LogP) is 3.01. The van der Waals surface area contributed by atoms with Crippen molar-refractivity contribution >= 4 is 5.97 Å². The molecule has 0 aliphatic carbocycles. The van der Waals surface area contributed by atoms with E-state index in [4.69, 9.17) is 0 Å². The minimum absolute atomic E-state index is 0.114. The van der Waals surface area contributed by atoms with Gasteiger partial charge < -0.3 is 4.74 Å². The number of carbonyl (C=O) groups excluding carboxylic acids is 1. The average Bonchev–Trinajstić information content (AvgIpc) is 1.98. The Kier molecular flexibility index (Phi) is 3.95. The van der Waals surface area contributed by atoms with Crippen molar-refractivity contribution in [2.75, 3.05) is 7.11 Å². The van der Waals surface area contributed by atoms with E-state index in [-0.39, 0.29) is 16.8 Å². The van der Waals surface area contributed by atoms with Crippen LogP contribution in [0.1, 0.15) is 47.5 Å². The summed E-state index contributed by atoms with van der Waals surface area (Å²) in [6.07, 6.45) is 1.39. The Morgan fingerprint density at radius 2 is 1.62 bits per heavy atom. The van der Waals surface area contributed by atoms with E-state index in [1.54, 1.807) is 0 Å². The molecule has 0 aliphatic rings. The Hall–Kier alpha value is -0.530. The van der Waals surface area contributed by atoms with Crippen molar-refractivity contribution in [2.24, 2.45) is 10.8 Å². The average molecular weight is 186 g/mol. The maximum Gasteiger partial charge on any atom is 0.305 e. The van der Waals surface area contributed by atoms with Crippen molar-refractivity contribution in [3.63, 3.8) is 0 Å². The van der Waals surface area contributed by atoms with Crippen LogP contribution in [0.5, 0.6) is 0 Å². The first-order chi connectivity index (χ1) is 5.70. The molecule has 0 aromatic heterocycles. The van der Waals surface area contributed by atoms with Crippen LogP contribution in [0, 0.1) is 10.8 Å². The minimum atomic E-state index is -0.114. The molecule has 0 saturated heterocycles. The summed E-state index contributed by atoms with van der Waals surface area (Å²) in [5.74, 6) is -0.114. The zero-order valence-corrected chi connectivity index (χ0v) is 9.73. The normalized spacial score (nSPS) is 12.8. The molecule has 0 aromatic carbocycles. The number of rotatable bonds is 3. The second kappa shape index (κ2) is 4.12. The number of methoxy groups -OCH3 is 1. The van der Waals surface area contributed by atoms with Crippen LogP contribution in [-0.2, 0) is 9.53 Å². The predicted molar refractivity (Wildman–Crippen MR) is 54.5 cm³/mol. The zero-order valence-electron chi connectivity index (χ0n) is 9.73. The van der Waals surface area contributed by atoms with Crippen molar-refractivity contribution in [1.29, 1.82) is 0 Å². The third-order valence-electron chi connectivity index (χ3n) is 3.21. The van der Waals surface area contributed by atoms with Crippen LogP contribution in [-0.4, -0.2) is 13.1 Å². The van der Waals surface area contributed by atoms with Gasteiger partial charge in [0.2, 0.25) is 0 Å². The molecule has 0 radical (unpaired) electrons. The Labute approximate surface area is 81.7 Å². The number of hydrogen-bond donors (Lipinski definition) is 0. The second-order valence-corrected chi connectivity index (χ2v) is 5.21. The van der Waals surface area contributed by atoms with Crippen molar-refractivity contribution in [3.05, 3.63) is 0 Å². The maximum absolute atomic E-state index is 11.0. The summed E-state index contributed by atoms with van der Waals surface area (Å²) >= 11 is 0. The van der Waals surface area contributed by atoms with Gasteiger partial charge >= 0.3 is 5.97 Å². The van der Waals surface area contributed by atoms with E-state index in [2.05, 4.69) is 39.4 Å². The summed E-state index contributed by atoms with van der Waals surface area (Å²) in [6.45, 7) is 11.0. The Bertz CT molecular complexity index is 175. The Balaban J connectivity index is 4.12. The summed E-state index contributed by atoms with van der Waals surface area (Å²) in [5.41, 5.74) is 0.391. The van der Waals surface area contributed by atoms with Gasteiger partial charge in [0.15, 0.2) is 0 Å². The Morgan fingerprint density at radius 1 is 1.15 bits per heavy atom. The van der Waals surface area contributed by atoms with Crippen molar-refractivity contribution < 1.29 is 9.53 Å². The van der Waals surface area contributed by atoms with E-state index in [9.17, 15) is 4.79 Å². The molecule has 78 valence electrons. The number of carbonyl (C=O) groups is 1. The third kappa shape index (κ3) is 3.79. The lowest BCUT2D eigenvalue weighted by Crippen LogP contribution is -2.30. The smallest absolute Gasteiger partial charge is 0.305 e. The molecular weight excluding hydrogens is 164 g/mol. The van der Waals surface area contributed by atoms with Gasteiger partial charge in [-0.2, -0.15) is 0 Å². The van der Waals surface area contributed by atoms with Gasteiger partial charge in [0, 0.05) is 6.42 Å². The lowest BCUT2D eigenvalue weighted by Gasteiger charge is -2.38. The molecule has 0 N–H and O–H groups in total. The van der Waals surface area contributed by atoms with E-state index in [0.717, 1.165) is 6.42 Å². The molecule has 2 nitrogen and oxygen atoms in total. The van der Waals surface area contributed by atoms with Crippen LogP contribution in [0.2, 0.25) is 0 Å². The first-order valence-electron chi connectivity index (χ1n) is 4.77. The van der Waals surface area contributed by atoms with Gasteiger partial charge in [-0.05, 0) is 17.3 Å². The molecule has 0 aliphatic heterocycles. The topological polar surface area (TPSA) is 26.3 Å². The largest absolute Gasteiger partial charge is 0.469 e. The van der Waals surface area contributed by atoms with Crippen molar-refractivity contribution in [1.82, 2.24) is 0 Å². The molecule has 0 atom stereocenters. The molecule has 0 unspecified atom stereocenters. The first kappa shape index (κ1) is 12.5. The highest BCUT2D eigenvalue weighted by Crippen LogP contribution is 2.41. The fraction of sp³-hybridized carbons (Fsp3) is 0.909. The molecule has 0 aromatic rings. The zero-order chi connectivity index (χ0) is 10.7. The molecular formula is C11H22O2. The highest BCUT2D eigenvalue weighted by molar-refractivity contribution is 5.69. The third-order valence-corrected chi connectivity index (χ3v) is 3.21. The fourth-order valence-electron chi connectivity index (χ4n) is 0.892. The lowest BCUT2D eigenvalue weighted by atomic mass is 9.67. The maximum atomic E-state index is 11.0. The monoisotopic (exact) mass is 186 g/mol. The van der Waals surface area contributed by atoms with E-state index in [1.165, 1.54) is 7.11 Å². The molecule has 0 spiro atoms. The Morgan fingerprint density at radius 3 is 1.92 bits per heavy atom. The number of ether oxygens (including phenoxy) is 1. The first-order valence-corrected chi connectivity index (χ1v) is 4.77. The van der Waals surface area contributed by atoms with Crippen LogP contribution in [0.3, 0.4) is 0 Å². The van der Waals surface area contributed by atoms with Crippen LogP contribution in [0.25, 0.3) is 0 Å². The van der Waals surface area contributed by atoms with Crippen LogP contribution >= 0.6 is 0 Å². The van der Waals surface area contributed by atoms with Crippen LogP contribution < -0.4 is 0 Å². The molecule has 2 heteroatoms. The summed E-state index contributed by atoms with van der Waals surface area (Å²) < 4.78 is 4.62. The summed E-state index contributed by atoms with van der Waals surface area (Å²) in [6, 6.07) is 0. The molecule has 0 bridgehead atoms. The second-order valence-electron chi connectivity index (χ2n) is 5.21. The van der Waals surface area contributed by atoms with Crippen LogP contribution in [0.4, 0.5) is 0 Å². The SMILES string of the molecule is COC(=O)CCC(C)(C)C(C)(C)C. The molecule has 0 saturated carbocycles. The van der Waals surface area contributed by atoms with Gasteiger partial charge in [-0.3, -0.25) is 4.79 Å². The highest BCUT2D eigenvalue weighted by Gasteiger charge is 2.32. The summed E-state index contributed by atoms with van der Waals surface area (Å²) in [5, 5.41) is 0. The van der Waals surface area contributed by atoms with E-state index >= 15 is 0 Å². The summed E-state index contributed by atoms with van der Waals surface area (Å²) in [4.78, 5) is 11.0. The van der Waals surface area contributed by atoms with Crippen molar-refractivity contribution in [2.45, 2.75) is 47.5 Å². The van der Waals surface area contributed by atoms with Crippen molar-refractivity contribution in [3.8, 4) is 0 Å². The molecule has 0 rings (SSSR count). The van der Waals surface area contributed by atoms with E-state index in [1.807, 2.05) is 0 Å². The minimum Gasteiger partial charge on any atom is -0.469 e. The van der Waals surface area contributed by atoms with Gasteiger partial charge in [0.05, 0.1) is 7.11 Å². The number of esters is 1. The highest BCUT2D eigenvalue weighted by atomic mass is 16.5. The quantitative estimate of drug-likeness (QED) is 0.633. The van der Waals surface area contributed by atoms with E-state index in [0.29, 0.717) is 6.42 Å². The lowest BCUT2D eigenvalue weighted by molar-refractivity contribution is -0.141. The van der Waals surface area contributed by atoms with Gasteiger partial charge in [0.25, 0.3) is 0 Å². The molecule has 0 fully saturated rings. The van der Waals surface area contributed by atoms with Gasteiger partial charge in [-0.1, -0.05) is 34.6 Å². The standard InChI is InChI=1S/C11H22O2/c1-10(2,3)11(4,5)8-7-9(12)13-6/h7-8H2,1-6H3. The molecule has 13 heavy (non-hydrogen) atoms. The molecule has 0 heterocycles.